The fourth-order valence-electron chi connectivity index (χ4n) is 2.97. The van der Waals surface area contributed by atoms with Crippen LogP contribution in [0.25, 0.3) is 0 Å². The maximum absolute atomic E-state index is 12.5. The average Bonchev–Trinajstić information content (AvgIpc) is 2.85. The van der Waals surface area contributed by atoms with Crippen molar-refractivity contribution in [3.05, 3.63) is 80.8 Å². The molecule has 0 saturated carbocycles. The minimum Gasteiger partial charge on any atom is -0.493 e. The summed E-state index contributed by atoms with van der Waals surface area (Å²) in [4.78, 5) is 24.8. The van der Waals surface area contributed by atoms with Crippen LogP contribution in [-0.4, -0.2) is 38.9 Å². The van der Waals surface area contributed by atoms with Gasteiger partial charge >= 0.3 is 0 Å². The number of halogens is 2. The number of hydrogen-bond donors (Lipinski definition) is 2. The van der Waals surface area contributed by atoms with Gasteiger partial charge in [-0.15, -0.1) is 0 Å². The van der Waals surface area contributed by atoms with E-state index >= 15 is 0 Å². The zero-order chi connectivity index (χ0) is 25.4. The standard InChI is InChI=1S/C25H23BrClN3O5/c1-15-4-7-19(12-20(15)27)29-24(31)14-35-21-9-6-18(26)10-17(21)13-28-30-25(32)16-5-8-22(33-2)23(11-16)34-3/h4-13H,14H2,1-3H3,(H,29,31)(H,30,32)/b28-13+. The predicted molar refractivity (Wildman–Crippen MR) is 139 cm³/mol. The second-order valence-electron chi connectivity index (χ2n) is 7.25. The van der Waals surface area contributed by atoms with Gasteiger partial charge in [-0.05, 0) is 61.0 Å². The van der Waals surface area contributed by atoms with E-state index in [-0.39, 0.29) is 12.5 Å². The Morgan fingerprint density at radius 3 is 2.46 bits per heavy atom. The number of hydrogen-bond acceptors (Lipinski definition) is 6. The number of hydrazone groups is 1. The van der Waals surface area contributed by atoms with Crippen molar-refractivity contribution >= 4 is 51.2 Å². The fourth-order valence-corrected chi connectivity index (χ4v) is 3.52. The molecule has 2 N–H and O–H groups in total. The predicted octanol–water partition coefficient (Wildman–Crippen LogP) is 5.21. The molecule has 3 rings (SSSR count). The van der Waals surface area contributed by atoms with E-state index in [2.05, 4.69) is 31.8 Å². The molecule has 182 valence electrons. The van der Waals surface area contributed by atoms with E-state index in [1.165, 1.54) is 20.4 Å². The molecule has 0 aliphatic carbocycles. The second-order valence-corrected chi connectivity index (χ2v) is 8.57. The summed E-state index contributed by atoms with van der Waals surface area (Å²) in [7, 11) is 3.00. The number of methoxy groups -OCH3 is 2. The van der Waals surface area contributed by atoms with Crippen molar-refractivity contribution in [3.63, 3.8) is 0 Å². The smallest absolute Gasteiger partial charge is 0.271 e. The summed E-state index contributed by atoms with van der Waals surface area (Å²) in [6.07, 6.45) is 1.43. The number of carbonyl (C=O) groups is 2. The topological polar surface area (TPSA) is 98.3 Å². The van der Waals surface area contributed by atoms with Crippen LogP contribution < -0.4 is 25.0 Å². The molecule has 0 aliphatic heterocycles. The molecule has 0 atom stereocenters. The van der Waals surface area contributed by atoms with Gasteiger partial charge in [-0.2, -0.15) is 5.10 Å². The zero-order valence-corrected chi connectivity index (χ0v) is 21.6. The molecule has 3 aromatic carbocycles. The van der Waals surface area contributed by atoms with Crippen molar-refractivity contribution in [2.75, 3.05) is 26.1 Å². The molecular weight excluding hydrogens is 538 g/mol. The summed E-state index contributed by atoms with van der Waals surface area (Å²) in [5, 5.41) is 7.32. The summed E-state index contributed by atoms with van der Waals surface area (Å²) in [5.41, 5.74) is 4.85. The highest BCUT2D eigenvalue weighted by atomic mass is 79.9. The lowest BCUT2D eigenvalue weighted by Gasteiger charge is -2.11. The average molecular weight is 561 g/mol. The number of rotatable bonds is 9. The Morgan fingerprint density at radius 1 is 1.00 bits per heavy atom. The van der Waals surface area contributed by atoms with Crippen LogP contribution in [0.2, 0.25) is 5.02 Å². The Balaban J connectivity index is 1.64. The van der Waals surface area contributed by atoms with Crippen LogP contribution in [-0.2, 0) is 4.79 Å². The van der Waals surface area contributed by atoms with Crippen LogP contribution >= 0.6 is 27.5 Å². The van der Waals surface area contributed by atoms with E-state index < -0.39 is 5.91 Å². The maximum atomic E-state index is 12.5. The molecular formula is C25H23BrClN3O5. The molecule has 10 heteroatoms. The first-order chi connectivity index (χ1) is 16.8. The van der Waals surface area contributed by atoms with Gasteiger partial charge in [-0.1, -0.05) is 33.6 Å². The van der Waals surface area contributed by atoms with Gasteiger partial charge in [0.2, 0.25) is 0 Å². The number of ether oxygens (including phenoxy) is 3. The van der Waals surface area contributed by atoms with Gasteiger partial charge in [-0.25, -0.2) is 5.43 Å². The third-order valence-corrected chi connectivity index (χ3v) is 5.70. The zero-order valence-electron chi connectivity index (χ0n) is 19.2. The SMILES string of the molecule is COc1ccc(C(=O)N/N=C/c2cc(Br)ccc2OCC(=O)Nc2ccc(C)c(Cl)c2)cc1OC. The van der Waals surface area contributed by atoms with E-state index in [0.29, 0.717) is 39.1 Å². The van der Waals surface area contributed by atoms with E-state index in [1.807, 2.05) is 13.0 Å². The van der Waals surface area contributed by atoms with Crippen LogP contribution in [0.3, 0.4) is 0 Å². The summed E-state index contributed by atoms with van der Waals surface area (Å²) in [6, 6.07) is 15.2. The van der Waals surface area contributed by atoms with Crippen molar-refractivity contribution in [2.45, 2.75) is 6.92 Å². The Labute approximate surface area is 216 Å². The van der Waals surface area contributed by atoms with E-state index in [9.17, 15) is 9.59 Å². The highest BCUT2D eigenvalue weighted by molar-refractivity contribution is 9.10. The summed E-state index contributed by atoms with van der Waals surface area (Å²) in [5.74, 6) is 0.568. The first-order valence-electron chi connectivity index (χ1n) is 10.3. The first-order valence-corrected chi connectivity index (χ1v) is 11.5. The highest BCUT2D eigenvalue weighted by Crippen LogP contribution is 2.27. The summed E-state index contributed by atoms with van der Waals surface area (Å²) in [6.45, 7) is 1.65. The highest BCUT2D eigenvalue weighted by Gasteiger charge is 2.11. The molecule has 0 saturated heterocycles. The number of amides is 2. The van der Waals surface area contributed by atoms with Crippen LogP contribution in [0.15, 0.2) is 64.2 Å². The van der Waals surface area contributed by atoms with Crippen molar-refractivity contribution in [1.82, 2.24) is 5.43 Å². The molecule has 8 nitrogen and oxygen atoms in total. The Hall–Kier alpha value is -3.56. The normalized spacial score (nSPS) is 10.7. The second kappa shape index (κ2) is 12.2. The lowest BCUT2D eigenvalue weighted by molar-refractivity contribution is -0.118. The van der Waals surface area contributed by atoms with Gasteiger partial charge in [0.05, 0.1) is 20.4 Å². The first kappa shape index (κ1) is 26.1. The Kier molecular flexibility index (Phi) is 9.11. The largest absolute Gasteiger partial charge is 0.493 e. The molecule has 0 radical (unpaired) electrons. The number of nitrogens with zero attached hydrogens (tertiary/aromatic N) is 1. The Morgan fingerprint density at radius 2 is 1.74 bits per heavy atom. The summed E-state index contributed by atoms with van der Waals surface area (Å²) >= 11 is 9.50. The number of nitrogens with one attached hydrogen (secondary N) is 2. The van der Waals surface area contributed by atoms with E-state index in [0.717, 1.165) is 10.0 Å². The monoisotopic (exact) mass is 559 g/mol. The number of carbonyl (C=O) groups excluding carboxylic acids is 2. The molecule has 0 fully saturated rings. The van der Waals surface area contributed by atoms with Crippen molar-refractivity contribution < 1.29 is 23.8 Å². The third kappa shape index (κ3) is 7.21. The minimum absolute atomic E-state index is 0.230. The molecule has 35 heavy (non-hydrogen) atoms. The molecule has 0 bridgehead atoms. The molecule has 0 aliphatic rings. The lowest BCUT2D eigenvalue weighted by Crippen LogP contribution is -2.20. The number of aryl methyl sites for hydroxylation is 1. The third-order valence-electron chi connectivity index (χ3n) is 4.80. The Bertz CT molecular complexity index is 1270. The van der Waals surface area contributed by atoms with Crippen molar-refractivity contribution in [2.24, 2.45) is 5.10 Å². The van der Waals surface area contributed by atoms with E-state index in [4.69, 9.17) is 25.8 Å². The number of anilines is 1. The van der Waals surface area contributed by atoms with Crippen LogP contribution in [0.5, 0.6) is 17.2 Å². The van der Waals surface area contributed by atoms with Crippen molar-refractivity contribution in [3.8, 4) is 17.2 Å². The van der Waals surface area contributed by atoms with Crippen LogP contribution in [0.4, 0.5) is 5.69 Å². The molecule has 3 aromatic rings. The molecule has 2 amide bonds. The van der Waals surface area contributed by atoms with Gasteiger partial charge in [-0.3, -0.25) is 9.59 Å². The molecule has 0 aromatic heterocycles. The van der Waals surface area contributed by atoms with Crippen LogP contribution in [0, 0.1) is 6.92 Å². The number of benzene rings is 3. The van der Waals surface area contributed by atoms with Gasteiger partial charge in [0.25, 0.3) is 11.8 Å². The summed E-state index contributed by atoms with van der Waals surface area (Å²) < 4.78 is 16.9. The van der Waals surface area contributed by atoms with Crippen molar-refractivity contribution in [1.29, 1.82) is 0 Å². The van der Waals surface area contributed by atoms with Gasteiger partial charge in [0, 0.05) is 26.3 Å². The molecule has 0 heterocycles. The maximum Gasteiger partial charge on any atom is 0.271 e. The van der Waals surface area contributed by atoms with Gasteiger partial charge in [0.1, 0.15) is 5.75 Å². The van der Waals surface area contributed by atoms with Crippen LogP contribution in [0.1, 0.15) is 21.5 Å². The fraction of sp³-hybridized carbons (Fsp3) is 0.160. The minimum atomic E-state index is -0.434. The quantitative estimate of drug-likeness (QED) is 0.277. The molecule has 0 spiro atoms. The van der Waals surface area contributed by atoms with Gasteiger partial charge < -0.3 is 19.5 Å². The van der Waals surface area contributed by atoms with E-state index in [1.54, 1.807) is 48.5 Å². The lowest BCUT2D eigenvalue weighted by atomic mass is 10.2. The molecule has 0 unspecified atom stereocenters. The van der Waals surface area contributed by atoms with Gasteiger partial charge in [0.15, 0.2) is 18.1 Å².